The highest BCUT2D eigenvalue weighted by Gasteiger charge is 2.33. The number of nitriles is 2. The van der Waals surface area contributed by atoms with Crippen molar-refractivity contribution >= 4 is 11.5 Å². The fourth-order valence-electron chi connectivity index (χ4n) is 2.72. The van der Waals surface area contributed by atoms with Crippen molar-refractivity contribution < 1.29 is 4.74 Å². The molecule has 1 aromatic rings. The normalized spacial score (nSPS) is 20.4. The molecule has 0 spiro atoms. The molecule has 2 heterocycles. The van der Waals surface area contributed by atoms with Crippen LogP contribution in [0.3, 0.4) is 0 Å². The molecule has 0 saturated carbocycles. The van der Waals surface area contributed by atoms with Gasteiger partial charge in [-0.1, -0.05) is 12.1 Å². The zero-order chi connectivity index (χ0) is 13.2. The molecule has 94 valence electrons. The Labute approximate surface area is 111 Å². The van der Waals surface area contributed by atoms with E-state index in [9.17, 15) is 0 Å². The van der Waals surface area contributed by atoms with Crippen LogP contribution >= 0.6 is 0 Å². The van der Waals surface area contributed by atoms with Crippen LogP contribution in [0.25, 0.3) is 11.5 Å². The van der Waals surface area contributed by atoms with E-state index in [0.29, 0.717) is 11.3 Å². The Balaban J connectivity index is 2.07. The summed E-state index contributed by atoms with van der Waals surface area (Å²) in [7, 11) is 0. The molecule has 19 heavy (non-hydrogen) atoms. The average Bonchev–Trinajstić information content (AvgIpc) is 3.04. The van der Waals surface area contributed by atoms with Gasteiger partial charge in [-0.25, -0.2) is 0 Å². The molecule has 3 rings (SSSR count). The monoisotopic (exact) mass is 251 g/mol. The second kappa shape index (κ2) is 4.66. The fraction of sp³-hybridized carbons (Fsp3) is 0.333. The van der Waals surface area contributed by atoms with E-state index in [1.165, 1.54) is 12.8 Å². The van der Waals surface area contributed by atoms with E-state index in [1.54, 1.807) is 12.1 Å². The van der Waals surface area contributed by atoms with Gasteiger partial charge in [0.25, 0.3) is 0 Å². The van der Waals surface area contributed by atoms with E-state index in [2.05, 4.69) is 4.90 Å². The van der Waals surface area contributed by atoms with Crippen LogP contribution in [0.5, 0.6) is 0 Å². The molecular weight excluding hydrogens is 238 g/mol. The van der Waals surface area contributed by atoms with Crippen molar-refractivity contribution in [1.82, 2.24) is 4.90 Å². The SMILES string of the molecule is N#CC(C#N)=c1ccc(=C2OCC3CCCN23)cc1. The van der Waals surface area contributed by atoms with E-state index >= 15 is 0 Å². The summed E-state index contributed by atoms with van der Waals surface area (Å²) >= 11 is 0. The number of ether oxygens (including phenoxy) is 1. The lowest BCUT2D eigenvalue weighted by Gasteiger charge is -2.14. The molecule has 0 amide bonds. The van der Waals surface area contributed by atoms with Crippen molar-refractivity contribution in [1.29, 1.82) is 10.5 Å². The topological polar surface area (TPSA) is 60.1 Å². The lowest BCUT2D eigenvalue weighted by atomic mass is 10.2. The maximum Gasteiger partial charge on any atom is 0.197 e. The molecule has 1 atom stereocenters. The predicted octanol–water partition coefficient (Wildman–Crippen LogP) is 0.445. The second-order valence-electron chi connectivity index (χ2n) is 4.78. The summed E-state index contributed by atoms with van der Waals surface area (Å²) in [5.74, 6) is 0.935. The van der Waals surface area contributed by atoms with Crippen LogP contribution in [-0.4, -0.2) is 24.1 Å². The summed E-state index contributed by atoms with van der Waals surface area (Å²) in [5.41, 5.74) is 0.142. The van der Waals surface area contributed by atoms with Gasteiger partial charge in [-0.15, -0.1) is 0 Å². The molecule has 0 aromatic heterocycles. The van der Waals surface area contributed by atoms with Crippen LogP contribution in [-0.2, 0) is 4.74 Å². The Morgan fingerprint density at radius 3 is 2.63 bits per heavy atom. The van der Waals surface area contributed by atoms with Gasteiger partial charge in [0.15, 0.2) is 5.88 Å². The summed E-state index contributed by atoms with van der Waals surface area (Å²) < 4.78 is 5.76. The average molecular weight is 251 g/mol. The highest BCUT2D eigenvalue weighted by atomic mass is 16.5. The van der Waals surface area contributed by atoms with Gasteiger partial charge in [-0.2, -0.15) is 10.5 Å². The molecule has 4 heteroatoms. The van der Waals surface area contributed by atoms with Crippen molar-refractivity contribution in [2.75, 3.05) is 13.2 Å². The first kappa shape index (κ1) is 11.6. The van der Waals surface area contributed by atoms with Crippen molar-refractivity contribution in [3.05, 3.63) is 34.7 Å². The minimum atomic E-state index is 0.142. The largest absolute Gasteiger partial charge is 0.476 e. The van der Waals surface area contributed by atoms with Crippen LogP contribution in [0.1, 0.15) is 12.8 Å². The third kappa shape index (κ3) is 1.92. The van der Waals surface area contributed by atoms with E-state index in [4.69, 9.17) is 15.3 Å². The van der Waals surface area contributed by atoms with Gasteiger partial charge in [0, 0.05) is 17.0 Å². The van der Waals surface area contributed by atoms with Gasteiger partial charge in [-0.05, 0) is 25.0 Å². The minimum absolute atomic E-state index is 0.142. The summed E-state index contributed by atoms with van der Waals surface area (Å²) in [6.45, 7) is 1.82. The van der Waals surface area contributed by atoms with E-state index < -0.39 is 0 Å². The van der Waals surface area contributed by atoms with E-state index in [0.717, 1.165) is 24.3 Å². The summed E-state index contributed by atoms with van der Waals surface area (Å²) in [5, 5.41) is 19.3. The minimum Gasteiger partial charge on any atom is -0.476 e. The first-order chi connectivity index (χ1) is 9.33. The zero-order valence-corrected chi connectivity index (χ0v) is 10.5. The van der Waals surface area contributed by atoms with Gasteiger partial charge in [0.2, 0.25) is 0 Å². The molecule has 1 unspecified atom stereocenters. The molecule has 2 aliphatic heterocycles. The van der Waals surface area contributed by atoms with Crippen LogP contribution in [0, 0.1) is 22.7 Å². The van der Waals surface area contributed by atoms with Crippen molar-refractivity contribution in [3.8, 4) is 12.1 Å². The van der Waals surface area contributed by atoms with E-state index in [1.807, 2.05) is 24.3 Å². The summed E-state index contributed by atoms with van der Waals surface area (Å²) in [6, 6.07) is 11.8. The standard InChI is InChI=1S/C15H13N3O/c16-8-13(9-17)11-3-5-12(6-4-11)15-18-7-1-2-14(18)10-19-15/h3-6,14H,1-2,7,10H2. The lowest BCUT2D eigenvalue weighted by molar-refractivity contribution is 0.297. The molecule has 2 aliphatic rings. The Hall–Kier alpha value is -2.46. The predicted molar refractivity (Wildman–Crippen MR) is 69.4 cm³/mol. The fourth-order valence-corrected chi connectivity index (χ4v) is 2.72. The highest BCUT2D eigenvalue weighted by Crippen LogP contribution is 2.29. The first-order valence-corrected chi connectivity index (χ1v) is 6.38. The Morgan fingerprint density at radius 1 is 1.21 bits per heavy atom. The maximum atomic E-state index is 8.84. The third-order valence-corrected chi connectivity index (χ3v) is 3.69. The van der Waals surface area contributed by atoms with E-state index in [-0.39, 0.29) is 5.57 Å². The maximum absolute atomic E-state index is 8.84. The number of hydrogen-bond donors (Lipinski definition) is 0. The van der Waals surface area contributed by atoms with Crippen molar-refractivity contribution in [3.63, 3.8) is 0 Å². The van der Waals surface area contributed by atoms with Gasteiger partial charge in [0.1, 0.15) is 24.3 Å². The van der Waals surface area contributed by atoms with Gasteiger partial charge < -0.3 is 9.64 Å². The number of benzene rings is 1. The first-order valence-electron chi connectivity index (χ1n) is 6.38. The molecule has 0 bridgehead atoms. The van der Waals surface area contributed by atoms with Crippen molar-refractivity contribution in [2.24, 2.45) is 0 Å². The second-order valence-corrected chi connectivity index (χ2v) is 4.78. The summed E-state index contributed by atoms with van der Waals surface area (Å²) in [6.07, 6.45) is 2.42. The lowest BCUT2D eigenvalue weighted by Crippen LogP contribution is -2.25. The van der Waals surface area contributed by atoms with Crippen molar-refractivity contribution in [2.45, 2.75) is 18.9 Å². The van der Waals surface area contributed by atoms with Gasteiger partial charge in [0.05, 0.1) is 6.04 Å². The van der Waals surface area contributed by atoms with Gasteiger partial charge >= 0.3 is 0 Å². The molecule has 2 fully saturated rings. The quantitative estimate of drug-likeness (QED) is 0.671. The number of hydrogen-bond acceptors (Lipinski definition) is 4. The third-order valence-electron chi connectivity index (χ3n) is 3.69. The number of fused-ring (bicyclic) bond motifs is 1. The molecule has 0 radical (unpaired) electrons. The van der Waals surface area contributed by atoms with Crippen LogP contribution in [0.4, 0.5) is 0 Å². The van der Waals surface area contributed by atoms with Crippen LogP contribution in [0.15, 0.2) is 24.3 Å². The molecular formula is C15H13N3O. The van der Waals surface area contributed by atoms with Crippen LogP contribution in [0.2, 0.25) is 0 Å². The molecule has 4 nitrogen and oxygen atoms in total. The molecule has 0 aliphatic carbocycles. The Morgan fingerprint density at radius 2 is 1.95 bits per heavy atom. The van der Waals surface area contributed by atoms with Gasteiger partial charge in [-0.3, -0.25) is 0 Å². The smallest absolute Gasteiger partial charge is 0.197 e. The van der Waals surface area contributed by atoms with Crippen LogP contribution < -0.4 is 10.4 Å². The Kier molecular flexibility index (Phi) is 2.85. The molecule has 1 aromatic carbocycles. The number of nitrogens with zero attached hydrogens (tertiary/aromatic N) is 3. The highest BCUT2D eigenvalue weighted by molar-refractivity contribution is 5.72. The number of rotatable bonds is 0. The Bertz CT molecular complexity index is 669. The zero-order valence-electron chi connectivity index (χ0n) is 10.5. The molecule has 2 saturated heterocycles. The summed E-state index contributed by atoms with van der Waals surface area (Å²) in [4.78, 5) is 2.31. The molecule has 0 N–H and O–H groups in total.